The van der Waals surface area contributed by atoms with Crippen molar-refractivity contribution < 1.29 is 5.11 Å². The molecule has 0 bridgehead atoms. The molecular weight excluding hydrogens is 232 g/mol. The van der Waals surface area contributed by atoms with Crippen LogP contribution in [0.1, 0.15) is 64.7 Å². The second-order valence-corrected chi connectivity index (χ2v) is 7.25. The summed E-state index contributed by atoms with van der Waals surface area (Å²) in [6.45, 7) is 2.12. The van der Waals surface area contributed by atoms with Crippen LogP contribution >= 0.6 is 0 Å². The van der Waals surface area contributed by atoms with Gasteiger partial charge < -0.3 is 5.11 Å². The van der Waals surface area contributed by atoms with Gasteiger partial charge in [0, 0.05) is 0 Å². The van der Waals surface area contributed by atoms with Crippen LogP contribution in [0, 0.1) is 29.6 Å². The van der Waals surface area contributed by atoms with Gasteiger partial charge in [-0.15, -0.1) is 0 Å². The van der Waals surface area contributed by atoms with E-state index in [-0.39, 0.29) is 6.10 Å². The Labute approximate surface area is 118 Å². The van der Waals surface area contributed by atoms with Crippen LogP contribution in [0.25, 0.3) is 0 Å². The van der Waals surface area contributed by atoms with Crippen molar-refractivity contribution in [1.82, 2.24) is 0 Å². The summed E-state index contributed by atoms with van der Waals surface area (Å²) in [6.07, 6.45) is 16.8. The summed E-state index contributed by atoms with van der Waals surface area (Å²) in [5.41, 5.74) is 0. The third kappa shape index (κ3) is 2.77. The van der Waals surface area contributed by atoms with E-state index in [0.29, 0.717) is 0 Å². The van der Waals surface area contributed by atoms with Gasteiger partial charge in [0.05, 0.1) is 6.10 Å². The maximum atomic E-state index is 10.1. The van der Waals surface area contributed by atoms with E-state index in [4.69, 9.17) is 0 Å². The van der Waals surface area contributed by atoms with Crippen LogP contribution in [0.4, 0.5) is 0 Å². The highest BCUT2D eigenvalue weighted by Crippen LogP contribution is 2.53. The molecule has 0 heterocycles. The first-order valence-corrected chi connectivity index (χ1v) is 8.64. The van der Waals surface area contributed by atoms with Crippen molar-refractivity contribution in [2.45, 2.75) is 70.8 Å². The molecule has 3 aliphatic rings. The third-order valence-electron chi connectivity index (χ3n) is 6.23. The van der Waals surface area contributed by atoms with E-state index in [9.17, 15) is 5.11 Å². The molecule has 0 aromatic carbocycles. The predicted molar refractivity (Wildman–Crippen MR) is 79.8 cm³/mol. The minimum atomic E-state index is -0.0684. The fourth-order valence-corrected chi connectivity index (χ4v) is 5.29. The highest BCUT2D eigenvalue weighted by Gasteiger charge is 2.44. The van der Waals surface area contributed by atoms with E-state index >= 15 is 0 Å². The minimum Gasteiger partial charge on any atom is -0.393 e. The number of fused-ring (bicyclic) bond motifs is 3. The molecule has 108 valence electrons. The molecule has 1 N–H and O–H groups in total. The topological polar surface area (TPSA) is 20.2 Å². The molecule has 6 atom stereocenters. The van der Waals surface area contributed by atoms with Crippen molar-refractivity contribution in [3.8, 4) is 0 Å². The number of aliphatic hydroxyl groups is 1. The molecule has 2 saturated carbocycles. The van der Waals surface area contributed by atoms with Crippen molar-refractivity contribution in [1.29, 1.82) is 0 Å². The van der Waals surface area contributed by atoms with Crippen LogP contribution in [0.2, 0.25) is 0 Å². The molecule has 1 nitrogen and oxygen atoms in total. The number of rotatable bonds is 3. The molecule has 0 saturated heterocycles. The summed E-state index contributed by atoms with van der Waals surface area (Å²) in [5, 5.41) is 10.1. The van der Waals surface area contributed by atoms with E-state index < -0.39 is 0 Å². The third-order valence-corrected chi connectivity index (χ3v) is 6.23. The molecular formula is C18H30O. The number of hydrogen-bond acceptors (Lipinski definition) is 1. The Hall–Kier alpha value is -0.300. The van der Waals surface area contributed by atoms with E-state index in [1.54, 1.807) is 0 Å². The largest absolute Gasteiger partial charge is 0.393 e. The van der Waals surface area contributed by atoms with E-state index in [0.717, 1.165) is 42.4 Å². The first kappa shape index (κ1) is 13.7. The normalized spacial score (nSPS) is 43.4. The monoisotopic (exact) mass is 262 g/mol. The molecule has 4 unspecified atom stereocenters. The Balaban J connectivity index is 1.76. The molecule has 2 fully saturated rings. The number of hydrogen-bond donors (Lipinski definition) is 1. The van der Waals surface area contributed by atoms with Crippen LogP contribution in [0.15, 0.2) is 12.2 Å². The van der Waals surface area contributed by atoms with Gasteiger partial charge >= 0.3 is 0 Å². The standard InChI is InChI=1S/C18H30O/c1-2-15(19)12-14-11-13-7-3-4-8-16(13)18-10-6-5-9-17(14)18/h5,9,13-19H,2-4,6-8,10-12H2,1H3/t13?,14?,15-,16-,17?,18?/m1/s1. The Bertz CT molecular complexity index is 322. The van der Waals surface area contributed by atoms with Crippen LogP contribution in [-0.2, 0) is 0 Å². The van der Waals surface area contributed by atoms with Gasteiger partial charge in [-0.25, -0.2) is 0 Å². The lowest BCUT2D eigenvalue weighted by atomic mass is 9.55. The summed E-state index contributed by atoms with van der Waals surface area (Å²) in [5.74, 6) is 4.48. The van der Waals surface area contributed by atoms with Crippen LogP contribution in [0.3, 0.4) is 0 Å². The molecule has 0 amide bonds. The first-order chi connectivity index (χ1) is 9.29. The lowest BCUT2D eigenvalue weighted by Gasteiger charge is -2.50. The highest BCUT2D eigenvalue weighted by atomic mass is 16.3. The first-order valence-electron chi connectivity index (χ1n) is 8.64. The maximum absolute atomic E-state index is 10.1. The Morgan fingerprint density at radius 2 is 2.00 bits per heavy atom. The number of aliphatic hydroxyl groups excluding tert-OH is 1. The van der Waals surface area contributed by atoms with Gasteiger partial charge in [0.1, 0.15) is 0 Å². The van der Waals surface area contributed by atoms with E-state index in [1.807, 2.05) is 0 Å². The SMILES string of the molecule is CC[C@@H](O)CC1CC2CCCC[C@H]2C2CCC=CC12. The zero-order valence-corrected chi connectivity index (χ0v) is 12.4. The molecule has 0 spiro atoms. The van der Waals surface area contributed by atoms with Gasteiger partial charge in [0.15, 0.2) is 0 Å². The maximum Gasteiger partial charge on any atom is 0.0540 e. The Morgan fingerprint density at radius 1 is 1.16 bits per heavy atom. The van der Waals surface area contributed by atoms with Crippen LogP contribution < -0.4 is 0 Å². The summed E-state index contributed by atoms with van der Waals surface area (Å²) < 4.78 is 0. The second-order valence-electron chi connectivity index (χ2n) is 7.25. The summed E-state index contributed by atoms with van der Waals surface area (Å²) in [6, 6.07) is 0. The average Bonchev–Trinajstić information content (AvgIpc) is 2.47. The van der Waals surface area contributed by atoms with E-state index in [2.05, 4.69) is 19.1 Å². The van der Waals surface area contributed by atoms with Gasteiger partial charge in [-0.1, -0.05) is 38.3 Å². The van der Waals surface area contributed by atoms with Crippen molar-refractivity contribution >= 4 is 0 Å². The molecule has 0 aromatic heterocycles. The fourth-order valence-electron chi connectivity index (χ4n) is 5.29. The van der Waals surface area contributed by atoms with Gasteiger partial charge in [-0.3, -0.25) is 0 Å². The van der Waals surface area contributed by atoms with Crippen molar-refractivity contribution in [2.75, 3.05) is 0 Å². The summed E-state index contributed by atoms with van der Waals surface area (Å²) >= 11 is 0. The van der Waals surface area contributed by atoms with E-state index in [1.165, 1.54) is 44.9 Å². The van der Waals surface area contributed by atoms with Gasteiger partial charge in [0.2, 0.25) is 0 Å². The predicted octanol–water partition coefficient (Wildman–Crippen LogP) is 4.56. The summed E-state index contributed by atoms with van der Waals surface area (Å²) in [4.78, 5) is 0. The quantitative estimate of drug-likeness (QED) is 0.739. The zero-order valence-electron chi connectivity index (χ0n) is 12.4. The minimum absolute atomic E-state index is 0.0684. The lowest BCUT2D eigenvalue weighted by Crippen LogP contribution is -2.42. The molecule has 1 heteroatoms. The van der Waals surface area contributed by atoms with Gasteiger partial charge in [-0.05, 0) is 68.1 Å². The van der Waals surface area contributed by atoms with Gasteiger partial charge in [-0.2, -0.15) is 0 Å². The smallest absolute Gasteiger partial charge is 0.0540 e. The Kier molecular flexibility index (Phi) is 4.31. The highest BCUT2D eigenvalue weighted by molar-refractivity contribution is 5.06. The zero-order chi connectivity index (χ0) is 13.2. The van der Waals surface area contributed by atoms with Gasteiger partial charge in [0.25, 0.3) is 0 Å². The van der Waals surface area contributed by atoms with Crippen LogP contribution in [0.5, 0.6) is 0 Å². The van der Waals surface area contributed by atoms with Crippen molar-refractivity contribution in [3.63, 3.8) is 0 Å². The molecule has 0 aromatic rings. The second kappa shape index (κ2) is 5.99. The number of allylic oxidation sites excluding steroid dienone is 2. The van der Waals surface area contributed by atoms with Crippen molar-refractivity contribution in [3.05, 3.63) is 12.2 Å². The molecule has 19 heavy (non-hydrogen) atoms. The lowest BCUT2D eigenvalue weighted by molar-refractivity contribution is 0.00138. The summed E-state index contributed by atoms with van der Waals surface area (Å²) in [7, 11) is 0. The Morgan fingerprint density at radius 3 is 2.84 bits per heavy atom. The molecule has 0 aliphatic heterocycles. The molecule has 0 radical (unpaired) electrons. The molecule has 3 aliphatic carbocycles. The average molecular weight is 262 g/mol. The fraction of sp³-hybridized carbons (Fsp3) is 0.889. The van der Waals surface area contributed by atoms with Crippen LogP contribution in [-0.4, -0.2) is 11.2 Å². The molecule has 3 rings (SSSR count). The van der Waals surface area contributed by atoms with Crippen molar-refractivity contribution in [2.24, 2.45) is 29.6 Å².